The Morgan fingerprint density at radius 2 is 1.77 bits per heavy atom. The van der Waals surface area contributed by atoms with E-state index >= 15 is 0 Å². The highest BCUT2D eigenvalue weighted by Gasteiger charge is 2.42. The fourth-order valence-electron chi connectivity index (χ4n) is 4.03. The van der Waals surface area contributed by atoms with Gasteiger partial charge < -0.3 is 20.1 Å². The van der Waals surface area contributed by atoms with E-state index in [1.165, 1.54) is 6.42 Å². The molecule has 0 radical (unpaired) electrons. The van der Waals surface area contributed by atoms with Gasteiger partial charge in [0.15, 0.2) is 11.5 Å². The van der Waals surface area contributed by atoms with Crippen LogP contribution in [-0.2, 0) is 4.79 Å². The Bertz CT molecular complexity index is 928. The first-order valence-corrected chi connectivity index (χ1v) is 12.2. The monoisotopic (exact) mass is 440 g/mol. The first kappa shape index (κ1) is 21.6. The summed E-state index contributed by atoms with van der Waals surface area (Å²) < 4.78 is 12.3. The fourth-order valence-corrected chi connectivity index (χ4v) is 4.50. The van der Waals surface area contributed by atoms with E-state index in [0.717, 1.165) is 37.2 Å². The maximum atomic E-state index is 13.0. The van der Waals surface area contributed by atoms with Gasteiger partial charge in [-0.05, 0) is 55.5 Å². The SMILES string of the molecule is CSCCC(NC(=O)c1ccccc1)C(=O)Nc1ccc2c(c1)OC1(CCCCC1)O2. The number of nitrogens with one attached hydrogen (secondary N) is 2. The minimum Gasteiger partial charge on any atom is -0.448 e. The lowest BCUT2D eigenvalue weighted by molar-refractivity contribution is -0.118. The van der Waals surface area contributed by atoms with Crippen molar-refractivity contribution in [2.45, 2.75) is 50.4 Å². The molecule has 164 valence electrons. The van der Waals surface area contributed by atoms with Crippen molar-refractivity contribution >= 4 is 29.3 Å². The fraction of sp³-hybridized carbons (Fsp3) is 0.417. The van der Waals surface area contributed by atoms with Crippen molar-refractivity contribution in [3.8, 4) is 11.5 Å². The predicted octanol–water partition coefficient (Wildman–Crippen LogP) is 4.61. The van der Waals surface area contributed by atoms with E-state index in [1.807, 2.05) is 24.5 Å². The molecule has 1 aliphatic carbocycles. The second-order valence-electron chi connectivity index (χ2n) is 8.00. The number of hydrogen-bond donors (Lipinski definition) is 2. The number of thioether (sulfide) groups is 1. The molecule has 1 spiro atoms. The zero-order chi connectivity index (χ0) is 21.7. The molecule has 1 aliphatic heterocycles. The van der Waals surface area contributed by atoms with Gasteiger partial charge in [0, 0.05) is 30.2 Å². The maximum Gasteiger partial charge on any atom is 0.251 e. The highest BCUT2D eigenvalue weighted by atomic mass is 32.2. The van der Waals surface area contributed by atoms with Gasteiger partial charge in [0.05, 0.1) is 0 Å². The molecule has 1 atom stereocenters. The normalized spacial score (nSPS) is 17.2. The molecule has 4 rings (SSSR count). The van der Waals surface area contributed by atoms with Crippen molar-refractivity contribution in [1.29, 1.82) is 0 Å². The van der Waals surface area contributed by atoms with Gasteiger partial charge in [-0.2, -0.15) is 11.8 Å². The molecular weight excluding hydrogens is 412 g/mol. The number of hydrogen-bond acceptors (Lipinski definition) is 5. The number of ether oxygens (including phenoxy) is 2. The van der Waals surface area contributed by atoms with Crippen molar-refractivity contribution in [3.63, 3.8) is 0 Å². The minimum absolute atomic E-state index is 0.246. The molecule has 1 unspecified atom stereocenters. The predicted molar refractivity (Wildman–Crippen MR) is 123 cm³/mol. The standard InChI is InChI=1S/C24H28N2O4S/c1-31-15-12-19(26-22(27)17-8-4-2-5-9-17)23(28)25-18-10-11-20-21(16-18)30-24(29-20)13-6-3-7-14-24/h2,4-5,8-11,16,19H,3,6-7,12-15H2,1H3,(H,25,28)(H,26,27). The number of carbonyl (C=O) groups is 2. The molecule has 2 N–H and O–H groups in total. The second kappa shape index (κ2) is 9.64. The molecular formula is C24H28N2O4S. The molecule has 31 heavy (non-hydrogen) atoms. The van der Waals surface area contributed by atoms with Crippen LogP contribution >= 0.6 is 11.8 Å². The van der Waals surface area contributed by atoms with E-state index in [0.29, 0.717) is 23.4 Å². The Kier molecular flexibility index (Phi) is 6.70. The van der Waals surface area contributed by atoms with E-state index in [9.17, 15) is 9.59 Å². The summed E-state index contributed by atoms with van der Waals surface area (Å²) in [4.78, 5) is 25.5. The molecule has 0 aromatic heterocycles. The molecule has 2 aliphatic rings. The van der Waals surface area contributed by atoms with E-state index in [2.05, 4.69) is 10.6 Å². The average molecular weight is 441 g/mol. The second-order valence-corrected chi connectivity index (χ2v) is 8.99. The smallest absolute Gasteiger partial charge is 0.251 e. The molecule has 1 saturated carbocycles. The first-order chi connectivity index (χ1) is 15.1. The summed E-state index contributed by atoms with van der Waals surface area (Å²) in [5.41, 5.74) is 1.16. The number of fused-ring (bicyclic) bond motifs is 1. The minimum atomic E-state index is -0.629. The molecule has 2 aromatic rings. The summed E-state index contributed by atoms with van der Waals surface area (Å²) in [6.45, 7) is 0. The zero-order valence-electron chi connectivity index (χ0n) is 17.7. The molecule has 2 amide bonds. The lowest BCUT2D eigenvalue weighted by Crippen LogP contribution is -2.44. The van der Waals surface area contributed by atoms with Crippen LogP contribution in [0.1, 0.15) is 48.9 Å². The molecule has 1 fully saturated rings. The van der Waals surface area contributed by atoms with Crippen LogP contribution in [-0.4, -0.2) is 35.7 Å². The summed E-state index contributed by atoms with van der Waals surface area (Å²) in [7, 11) is 0. The number of benzene rings is 2. The van der Waals surface area contributed by atoms with Crippen LogP contribution in [0.25, 0.3) is 0 Å². The number of rotatable bonds is 7. The molecule has 2 aromatic carbocycles. The van der Waals surface area contributed by atoms with E-state index in [4.69, 9.17) is 9.47 Å². The average Bonchev–Trinajstić information content (AvgIpc) is 3.13. The third-order valence-electron chi connectivity index (χ3n) is 5.69. The van der Waals surface area contributed by atoms with Crippen molar-refractivity contribution in [2.75, 3.05) is 17.3 Å². The molecule has 1 heterocycles. The Balaban J connectivity index is 1.43. The number of amides is 2. The summed E-state index contributed by atoms with van der Waals surface area (Å²) in [6, 6.07) is 13.8. The lowest BCUT2D eigenvalue weighted by atomic mass is 9.94. The van der Waals surface area contributed by atoms with Crippen LogP contribution in [0.4, 0.5) is 5.69 Å². The van der Waals surface area contributed by atoms with Gasteiger partial charge in [-0.1, -0.05) is 24.6 Å². The third-order valence-corrected chi connectivity index (χ3v) is 6.33. The summed E-state index contributed by atoms with van der Waals surface area (Å²) in [5, 5.41) is 5.80. The number of carbonyl (C=O) groups excluding carboxylic acids is 2. The lowest BCUT2D eigenvalue weighted by Gasteiger charge is -2.31. The van der Waals surface area contributed by atoms with Gasteiger partial charge >= 0.3 is 0 Å². The van der Waals surface area contributed by atoms with Crippen molar-refractivity contribution in [1.82, 2.24) is 5.32 Å². The van der Waals surface area contributed by atoms with Gasteiger partial charge in [-0.25, -0.2) is 0 Å². The van der Waals surface area contributed by atoms with Crippen LogP contribution in [0.2, 0.25) is 0 Å². The Labute approximate surface area is 187 Å². The van der Waals surface area contributed by atoms with Gasteiger partial charge in [-0.3, -0.25) is 9.59 Å². The van der Waals surface area contributed by atoms with Gasteiger partial charge in [0.1, 0.15) is 6.04 Å². The van der Waals surface area contributed by atoms with E-state index in [1.54, 1.807) is 42.1 Å². The van der Waals surface area contributed by atoms with Crippen LogP contribution < -0.4 is 20.1 Å². The van der Waals surface area contributed by atoms with Crippen molar-refractivity contribution < 1.29 is 19.1 Å². The maximum absolute atomic E-state index is 13.0. The highest BCUT2D eigenvalue weighted by molar-refractivity contribution is 7.98. The van der Waals surface area contributed by atoms with Crippen molar-refractivity contribution in [3.05, 3.63) is 54.1 Å². The van der Waals surface area contributed by atoms with Crippen LogP contribution in [0.15, 0.2) is 48.5 Å². The Morgan fingerprint density at radius 3 is 2.52 bits per heavy atom. The Hall–Kier alpha value is -2.67. The highest BCUT2D eigenvalue weighted by Crippen LogP contribution is 2.46. The third kappa shape index (κ3) is 5.15. The van der Waals surface area contributed by atoms with Crippen molar-refractivity contribution in [2.24, 2.45) is 0 Å². The largest absolute Gasteiger partial charge is 0.448 e. The summed E-state index contributed by atoms with van der Waals surface area (Å²) in [5.74, 6) is 1.09. The summed E-state index contributed by atoms with van der Waals surface area (Å²) >= 11 is 1.64. The quantitative estimate of drug-likeness (QED) is 0.658. The van der Waals surface area contributed by atoms with Crippen LogP contribution in [0.5, 0.6) is 11.5 Å². The summed E-state index contributed by atoms with van der Waals surface area (Å²) in [6.07, 6.45) is 7.67. The number of anilines is 1. The molecule has 7 heteroatoms. The Morgan fingerprint density at radius 1 is 1.03 bits per heavy atom. The first-order valence-electron chi connectivity index (χ1n) is 10.8. The van der Waals surface area contributed by atoms with Crippen LogP contribution in [0, 0.1) is 0 Å². The molecule has 0 saturated heterocycles. The molecule has 0 bridgehead atoms. The topological polar surface area (TPSA) is 76.7 Å². The molecule has 6 nitrogen and oxygen atoms in total. The van der Waals surface area contributed by atoms with Gasteiger partial charge in [-0.15, -0.1) is 0 Å². The van der Waals surface area contributed by atoms with E-state index in [-0.39, 0.29) is 11.8 Å². The van der Waals surface area contributed by atoms with Gasteiger partial charge in [0.25, 0.3) is 11.7 Å². The zero-order valence-corrected chi connectivity index (χ0v) is 18.5. The van der Waals surface area contributed by atoms with E-state index < -0.39 is 11.8 Å². The van der Waals surface area contributed by atoms with Crippen LogP contribution in [0.3, 0.4) is 0 Å². The van der Waals surface area contributed by atoms with Gasteiger partial charge in [0.2, 0.25) is 5.91 Å².